The number of hydrogen-bond donors (Lipinski definition) is 2. The number of rotatable bonds is 7. The Hall–Kier alpha value is -3.22. The molecule has 0 aliphatic heterocycles. The van der Waals surface area contributed by atoms with Gasteiger partial charge in [-0.2, -0.15) is 0 Å². The van der Waals surface area contributed by atoms with Crippen molar-refractivity contribution in [2.75, 3.05) is 37.5 Å². The van der Waals surface area contributed by atoms with Crippen molar-refractivity contribution < 1.29 is 19.1 Å². The van der Waals surface area contributed by atoms with E-state index in [0.717, 1.165) is 0 Å². The van der Waals surface area contributed by atoms with Crippen LogP contribution in [0.3, 0.4) is 0 Å². The van der Waals surface area contributed by atoms with Gasteiger partial charge in [0.1, 0.15) is 11.5 Å². The molecule has 0 fully saturated rings. The molecular weight excluding hydrogens is 334 g/mol. The van der Waals surface area contributed by atoms with Crippen molar-refractivity contribution in [1.29, 1.82) is 0 Å². The Kier molecular flexibility index (Phi) is 6.84. The van der Waals surface area contributed by atoms with E-state index >= 15 is 0 Å². The summed E-state index contributed by atoms with van der Waals surface area (Å²) in [5, 5.41) is 5.46. The Balaban J connectivity index is 1.98. The monoisotopic (exact) mass is 357 g/mol. The lowest BCUT2D eigenvalue weighted by Gasteiger charge is -2.24. The van der Waals surface area contributed by atoms with Crippen molar-refractivity contribution >= 4 is 23.3 Å². The van der Waals surface area contributed by atoms with Crippen molar-refractivity contribution in [3.63, 3.8) is 0 Å². The molecule has 0 aromatic heterocycles. The van der Waals surface area contributed by atoms with Gasteiger partial charge in [0.05, 0.1) is 19.9 Å². The number of methoxy groups -OCH3 is 2. The van der Waals surface area contributed by atoms with Gasteiger partial charge >= 0.3 is 6.03 Å². The summed E-state index contributed by atoms with van der Waals surface area (Å²) in [6.07, 6.45) is 0. The molecule has 0 spiro atoms. The minimum Gasteiger partial charge on any atom is -0.497 e. The molecule has 0 saturated heterocycles. The van der Waals surface area contributed by atoms with Crippen LogP contribution >= 0.6 is 0 Å². The van der Waals surface area contributed by atoms with Crippen LogP contribution in [-0.2, 0) is 4.79 Å². The molecule has 0 atom stereocenters. The van der Waals surface area contributed by atoms with Gasteiger partial charge in [0.2, 0.25) is 5.91 Å². The highest BCUT2D eigenvalue weighted by atomic mass is 16.5. The number of urea groups is 1. The first kappa shape index (κ1) is 19.1. The minimum atomic E-state index is -0.332. The number of para-hydroxylation sites is 1. The fourth-order valence-corrected chi connectivity index (χ4v) is 2.43. The summed E-state index contributed by atoms with van der Waals surface area (Å²) in [7, 11) is 3.09. The quantitative estimate of drug-likeness (QED) is 0.798. The maximum atomic E-state index is 12.0. The molecule has 138 valence electrons. The molecule has 0 unspecified atom stereocenters. The van der Waals surface area contributed by atoms with Crippen LogP contribution in [0, 0.1) is 0 Å². The largest absolute Gasteiger partial charge is 0.497 e. The molecule has 0 aliphatic carbocycles. The fraction of sp³-hybridized carbons (Fsp3) is 0.263. The van der Waals surface area contributed by atoms with E-state index in [4.69, 9.17) is 9.47 Å². The van der Waals surface area contributed by atoms with Crippen molar-refractivity contribution in [3.8, 4) is 11.5 Å². The summed E-state index contributed by atoms with van der Waals surface area (Å²) >= 11 is 0. The summed E-state index contributed by atoms with van der Waals surface area (Å²) in [5.41, 5.74) is 1.32. The molecular formula is C19H23N3O4. The highest BCUT2D eigenvalue weighted by Crippen LogP contribution is 2.32. The maximum Gasteiger partial charge on any atom is 0.319 e. The third kappa shape index (κ3) is 5.14. The molecule has 26 heavy (non-hydrogen) atoms. The van der Waals surface area contributed by atoms with Gasteiger partial charge in [0.25, 0.3) is 0 Å². The standard InChI is InChI=1S/C19H23N3O4/c1-14(23)22(17-10-9-16(25-2)13-18(17)26-3)12-11-20-19(24)21-15-7-5-4-6-8-15/h4-10,13H,11-12H2,1-3H3,(H2,20,21,24). The Morgan fingerprint density at radius 2 is 1.77 bits per heavy atom. The smallest absolute Gasteiger partial charge is 0.319 e. The topological polar surface area (TPSA) is 79.9 Å². The Morgan fingerprint density at radius 3 is 2.38 bits per heavy atom. The lowest BCUT2D eigenvalue weighted by atomic mass is 10.2. The highest BCUT2D eigenvalue weighted by molar-refractivity contribution is 5.93. The van der Waals surface area contributed by atoms with Gasteiger partial charge in [-0.15, -0.1) is 0 Å². The molecule has 2 aromatic rings. The van der Waals surface area contributed by atoms with Gasteiger partial charge < -0.3 is 25.0 Å². The zero-order chi connectivity index (χ0) is 18.9. The van der Waals surface area contributed by atoms with Gasteiger partial charge in [-0.1, -0.05) is 18.2 Å². The van der Waals surface area contributed by atoms with Gasteiger partial charge in [-0.3, -0.25) is 4.79 Å². The second-order valence-corrected chi connectivity index (χ2v) is 5.46. The van der Waals surface area contributed by atoms with E-state index in [0.29, 0.717) is 29.4 Å². The van der Waals surface area contributed by atoms with E-state index in [9.17, 15) is 9.59 Å². The van der Waals surface area contributed by atoms with E-state index in [1.54, 1.807) is 42.3 Å². The first-order valence-corrected chi connectivity index (χ1v) is 8.15. The van der Waals surface area contributed by atoms with Crippen molar-refractivity contribution in [2.24, 2.45) is 0 Å². The minimum absolute atomic E-state index is 0.154. The lowest BCUT2D eigenvalue weighted by molar-refractivity contribution is -0.116. The van der Waals surface area contributed by atoms with Crippen molar-refractivity contribution in [2.45, 2.75) is 6.92 Å². The Labute approximate surface area is 152 Å². The van der Waals surface area contributed by atoms with Crippen LogP contribution in [0.4, 0.5) is 16.2 Å². The third-order valence-corrected chi connectivity index (χ3v) is 3.71. The average molecular weight is 357 g/mol. The van der Waals surface area contributed by atoms with Crippen LogP contribution in [0.2, 0.25) is 0 Å². The summed E-state index contributed by atoms with van der Waals surface area (Å²) < 4.78 is 10.5. The Bertz CT molecular complexity index is 750. The summed E-state index contributed by atoms with van der Waals surface area (Å²) in [5.74, 6) is 1.00. The number of ether oxygens (including phenoxy) is 2. The first-order chi connectivity index (χ1) is 12.5. The summed E-state index contributed by atoms with van der Waals surface area (Å²) in [6.45, 7) is 2.06. The number of amides is 3. The molecule has 2 N–H and O–H groups in total. The summed E-state index contributed by atoms with van der Waals surface area (Å²) in [4.78, 5) is 25.5. The SMILES string of the molecule is COc1ccc(N(CCNC(=O)Nc2ccccc2)C(C)=O)c(OC)c1. The molecule has 0 bridgehead atoms. The molecule has 0 aliphatic rings. The number of benzene rings is 2. The normalized spacial score (nSPS) is 9.96. The van der Waals surface area contributed by atoms with E-state index in [-0.39, 0.29) is 18.5 Å². The number of hydrogen-bond acceptors (Lipinski definition) is 4. The Morgan fingerprint density at radius 1 is 1.04 bits per heavy atom. The van der Waals surface area contributed by atoms with Gasteiger partial charge in [0.15, 0.2) is 0 Å². The van der Waals surface area contributed by atoms with Gasteiger partial charge in [-0.25, -0.2) is 4.79 Å². The van der Waals surface area contributed by atoms with E-state index < -0.39 is 0 Å². The van der Waals surface area contributed by atoms with Gasteiger partial charge in [0, 0.05) is 31.8 Å². The number of carbonyl (C=O) groups is 2. The number of carbonyl (C=O) groups excluding carboxylic acids is 2. The van der Waals surface area contributed by atoms with E-state index in [1.165, 1.54) is 14.0 Å². The first-order valence-electron chi connectivity index (χ1n) is 8.15. The van der Waals surface area contributed by atoms with Crippen LogP contribution in [0.1, 0.15) is 6.92 Å². The van der Waals surface area contributed by atoms with Gasteiger partial charge in [-0.05, 0) is 24.3 Å². The second kappa shape index (κ2) is 9.31. The van der Waals surface area contributed by atoms with Crippen molar-refractivity contribution in [1.82, 2.24) is 5.32 Å². The molecule has 7 nitrogen and oxygen atoms in total. The number of nitrogens with zero attached hydrogens (tertiary/aromatic N) is 1. The predicted octanol–water partition coefficient (Wildman–Crippen LogP) is 2.88. The molecule has 0 saturated carbocycles. The maximum absolute atomic E-state index is 12.0. The van der Waals surface area contributed by atoms with E-state index in [2.05, 4.69) is 10.6 Å². The zero-order valence-electron chi connectivity index (χ0n) is 15.1. The molecule has 0 heterocycles. The molecule has 7 heteroatoms. The van der Waals surface area contributed by atoms with Crippen molar-refractivity contribution in [3.05, 3.63) is 48.5 Å². The number of anilines is 2. The average Bonchev–Trinajstić information content (AvgIpc) is 2.65. The van der Waals surface area contributed by atoms with Crippen LogP contribution in [0.25, 0.3) is 0 Å². The van der Waals surface area contributed by atoms with E-state index in [1.807, 2.05) is 18.2 Å². The highest BCUT2D eigenvalue weighted by Gasteiger charge is 2.17. The summed E-state index contributed by atoms with van der Waals surface area (Å²) in [6, 6.07) is 14.0. The van der Waals surface area contributed by atoms with Crippen LogP contribution < -0.4 is 25.0 Å². The van der Waals surface area contributed by atoms with Crippen LogP contribution in [-0.4, -0.2) is 39.2 Å². The molecule has 2 rings (SSSR count). The number of nitrogens with one attached hydrogen (secondary N) is 2. The van der Waals surface area contributed by atoms with Crippen LogP contribution in [0.5, 0.6) is 11.5 Å². The fourth-order valence-electron chi connectivity index (χ4n) is 2.43. The molecule has 3 amide bonds. The second-order valence-electron chi connectivity index (χ2n) is 5.46. The third-order valence-electron chi connectivity index (χ3n) is 3.71. The zero-order valence-corrected chi connectivity index (χ0v) is 15.1. The molecule has 0 radical (unpaired) electrons. The predicted molar refractivity (Wildman–Crippen MR) is 101 cm³/mol. The van der Waals surface area contributed by atoms with Crippen LogP contribution in [0.15, 0.2) is 48.5 Å². The lowest BCUT2D eigenvalue weighted by Crippen LogP contribution is -2.39. The molecule has 2 aromatic carbocycles.